The summed E-state index contributed by atoms with van der Waals surface area (Å²) in [6.07, 6.45) is 4.18. The summed E-state index contributed by atoms with van der Waals surface area (Å²) in [6.45, 7) is 20.5. The maximum Gasteiger partial charge on any atom is 0.225 e. The van der Waals surface area contributed by atoms with Crippen LogP contribution in [0.15, 0.2) is 115 Å². The van der Waals surface area contributed by atoms with Crippen LogP contribution in [-0.2, 0) is 31.9 Å². The Kier molecular flexibility index (Phi) is 9.04. The van der Waals surface area contributed by atoms with Gasteiger partial charge in [0.2, 0.25) is 11.4 Å². The van der Waals surface area contributed by atoms with E-state index in [1.165, 1.54) is 33.8 Å². The molecule has 5 aromatic carbocycles. The SMILES string of the molecule is CCC(CC)c1cccc([N@+]23[CH-][N+]2(c2[c-]c(Oc4[c-]c5c(cc4)c4ccccc4n5-c4cc(C(C)(C)C)ccn4)cc(C(C)(C)C)c2)c2ccccc23)c1.[Pt]. The molecule has 282 valence electrons. The molecule has 2 atom stereocenters. The van der Waals surface area contributed by atoms with Crippen LogP contribution < -0.4 is 13.9 Å². The van der Waals surface area contributed by atoms with Gasteiger partial charge in [0.15, 0.2) is 12.4 Å². The summed E-state index contributed by atoms with van der Waals surface area (Å²) in [4.78, 5) is 4.87. The normalized spacial score (nSPS) is 18.8. The number of hydrogen-bond acceptors (Lipinski definition) is 2. The van der Waals surface area contributed by atoms with Crippen LogP contribution in [0.3, 0.4) is 0 Å². The van der Waals surface area contributed by atoms with E-state index in [2.05, 4.69) is 182 Å². The fourth-order valence-electron chi connectivity index (χ4n) is 8.68. The average molecular weight is 905 g/mol. The van der Waals surface area contributed by atoms with Gasteiger partial charge in [0.1, 0.15) is 5.82 Å². The van der Waals surface area contributed by atoms with Crippen molar-refractivity contribution in [3.05, 3.63) is 151 Å². The zero-order chi connectivity index (χ0) is 37.6. The van der Waals surface area contributed by atoms with Crippen molar-refractivity contribution in [3.63, 3.8) is 0 Å². The number of benzene rings is 5. The topological polar surface area (TPSA) is 27.1 Å². The summed E-state index contributed by atoms with van der Waals surface area (Å²) in [5.41, 5.74) is 10.7. The first-order valence-electron chi connectivity index (χ1n) is 19.4. The molecule has 7 aromatic rings. The summed E-state index contributed by atoms with van der Waals surface area (Å²) < 4.78 is 10.3. The van der Waals surface area contributed by atoms with Crippen molar-refractivity contribution in [1.82, 2.24) is 18.7 Å². The molecule has 0 aliphatic carbocycles. The van der Waals surface area contributed by atoms with Crippen LogP contribution in [-0.4, -0.2) is 9.55 Å². The van der Waals surface area contributed by atoms with Crippen molar-refractivity contribution >= 4 is 44.6 Å². The maximum absolute atomic E-state index is 6.84. The molecule has 55 heavy (non-hydrogen) atoms. The summed E-state index contributed by atoms with van der Waals surface area (Å²) >= 11 is 0. The second kappa shape index (κ2) is 13.3. The van der Waals surface area contributed by atoms with E-state index in [0.29, 0.717) is 26.6 Å². The zero-order valence-electron chi connectivity index (χ0n) is 33.1. The third kappa shape index (κ3) is 5.73. The van der Waals surface area contributed by atoms with Gasteiger partial charge in [-0.2, -0.15) is 10.7 Å². The number of para-hydroxylation sites is 3. The van der Waals surface area contributed by atoms with Crippen LogP contribution in [0, 0.1) is 18.8 Å². The minimum atomic E-state index is -0.116. The standard InChI is InChI=1S/C49H49N4O.Pt/c1-9-33(10-2)34-16-15-17-37(26-34)52-32-53(52,46-21-14-13-20-45(46)52)38-27-36(49(6,7)8)28-40(30-38)54-39-22-23-42-41-18-11-12-19-43(41)51(44(42)31-39)47-29-35(24-25-50-47)48(3,4)5;/h11-29,32-33H,9-10H2,1-8H3;/q-1;/t52-,53?;/m0./s1. The average Bonchev–Trinajstić information content (AvgIpc) is 3.65. The van der Waals surface area contributed by atoms with Gasteiger partial charge in [-0.25, -0.2) is 9.58 Å². The number of rotatable bonds is 8. The molecule has 0 saturated carbocycles. The van der Waals surface area contributed by atoms with E-state index in [-0.39, 0.29) is 31.9 Å². The van der Waals surface area contributed by atoms with E-state index in [0.717, 1.165) is 46.2 Å². The summed E-state index contributed by atoms with van der Waals surface area (Å²) in [7, 11) is 0. The number of pyridine rings is 1. The number of ether oxygens (including phenoxy) is 1. The minimum Gasteiger partial charge on any atom is -0.509 e. The minimum absolute atomic E-state index is 0. The molecule has 1 saturated heterocycles. The van der Waals surface area contributed by atoms with Gasteiger partial charge in [0.25, 0.3) is 0 Å². The second-order valence-electron chi connectivity index (χ2n) is 17.1. The molecule has 0 amide bonds. The van der Waals surface area contributed by atoms with Crippen molar-refractivity contribution in [3.8, 4) is 17.3 Å². The van der Waals surface area contributed by atoms with E-state index in [4.69, 9.17) is 9.72 Å². The van der Waals surface area contributed by atoms with E-state index in [1.54, 1.807) is 0 Å². The van der Waals surface area contributed by atoms with E-state index in [1.807, 2.05) is 12.3 Å². The predicted octanol–water partition coefficient (Wildman–Crippen LogP) is 13.4. The Labute approximate surface area is 340 Å². The van der Waals surface area contributed by atoms with Crippen LogP contribution >= 0.6 is 0 Å². The third-order valence-electron chi connectivity index (χ3n) is 11.8. The Morgan fingerprint density at radius 1 is 0.691 bits per heavy atom. The molecule has 2 aromatic heterocycles. The number of aromatic nitrogens is 2. The Hall–Kier alpha value is -4.54. The van der Waals surface area contributed by atoms with Crippen molar-refractivity contribution in [2.24, 2.45) is 0 Å². The van der Waals surface area contributed by atoms with Crippen LogP contribution in [0.25, 0.3) is 27.6 Å². The first-order chi connectivity index (χ1) is 25.9. The van der Waals surface area contributed by atoms with Crippen molar-refractivity contribution < 1.29 is 25.8 Å². The first-order valence-corrected chi connectivity index (χ1v) is 19.4. The largest absolute Gasteiger partial charge is 0.509 e. The Morgan fingerprint density at radius 3 is 2.13 bits per heavy atom. The van der Waals surface area contributed by atoms with Gasteiger partial charge in [0, 0.05) is 68.5 Å². The smallest absolute Gasteiger partial charge is 0.225 e. The van der Waals surface area contributed by atoms with Crippen LogP contribution in [0.2, 0.25) is 0 Å². The summed E-state index contributed by atoms with van der Waals surface area (Å²) in [5.74, 6) is 2.74. The molecule has 0 bridgehead atoms. The van der Waals surface area contributed by atoms with Gasteiger partial charge >= 0.3 is 0 Å². The monoisotopic (exact) mass is 904 g/mol. The second-order valence-corrected chi connectivity index (χ2v) is 17.1. The van der Waals surface area contributed by atoms with E-state index < -0.39 is 0 Å². The molecule has 6 heteroatoms. The Bertz CT molecular complexity index is 2590. The first kappa shape index (κ1) is 37.4. The Balaban J connectivity index is 0.00000427. The molecule has 2 aliphatic heterocycles. The van der Waals surface area contributed by atoms with Gasteiger partial charge in [0.05, 0.1) is 5.69 Å². The predicted molar refractivity (Wildman–Crippen MR) is 224 cm³/mol. The molecular weight excluding hydrogens is 856 g/mol. The molecule has 2 aliphatic rings. The van der Waals surface area contributed by atoms with Crippen molar-refractivity contribution in [1.29, 1.82) is 0 Å². The van der Waals surface area contributed by atoms with Crippen LogP contribution in [0.5, 0.6) is 11.5 Å². The molecular formula is C49H49N4OPt-. The van der Waals surface area contributed by atoms with Crippen molar-refractivity contribution in [2.75, 3.05) is 0 Å². The molecule has 5 nitrogen and oxygen atoms in total. The van der Waals surface area contributed by atoms with Crippen LogP contribution in [0.1, 0.15) is 90.8 Å². The summed E-state index contributed by atoms with van der Waals surface area (Å²) in [6, 6.07) is 47.1. The molecule has 0 spiro atoms. The maximum atomic E-state index is 6.84. The molecule has 4 heterocycles. The van der Waals surface area contributed by atoms with E-state index >= 15 is 0 Å². The third-order valence-corrected chi connectivity index (χ3v) is 11.8. The number of nitrogens with zero attached hydrogens (tertiary/aromatic N) is 4. The van der Waals surface area contributed by atoms with Gasteiger partial charge in [-0.15, -0.1) is 35.2 Å². The van der Waals surface area contributed by atoms with Gasteiger partial charge in [-0.05, 0) is 64.3 Å². The number of fused-ring (bicyclic) bond motifs is 7. The van der Waals surface area contributed by atoms with Crippen LogP contribution in [0.4, 0.5) is 22.7 Å². The number of quaternary nitrogens is 2. The molecule has 0 N–H and O–H groups in total. The van der Waals surface area contributed by atoms with Crippen molar-refractivity contribution in [2.45, 2.75) is 85.0 Å². The van der Waals surface area contributed by atoms with Gasteiger partial charge in [-0.1, -0.05) is 109 Å². The molecule has 9 rings (SSSR count). The molecule has 1 fully saturated rings. The zero-order valence-corrected chi connectivity index (χ0v) is 35.3. The number of hydrogen-bond donors (Lipinski definition) is 0. The fourth-order valence-corrected chi connectivity index (χ4v) is 8.68. The molecule has 0 radical (unpaired) electrons. The quantitative estimate of drug-likeness (QED) is 0.0863. The fraction of sp³-hybridized carbons (Fsp3) is 0.265. The summed E-state index contributed by atoms with van der Waals surface area (Å²) in [5, 5.41) is 2.27. The van der Waals surface area contributed by atoms with Gasteiger partial charge < -0.3 is 9.30 Å². The van der Waals surface area contributed by atoms with E-state index in [9.17, 15) is 0 Å². The Morgan fingerprint density at radius 2 is 1.40 bits per heavy atom. The van der Waals surface area contributed by atoms with Gasteiger partial charge in [-0.3, -0.25) is 0 Å². The molecule has 1 unspecified atom stereocenters.